The maximum Gasteiger partial charge on any atom is 0.438 e. The maximum absolute atomic E-state index is 11.1. The first-order valence-electron chi connectivity index (χ1n) is 3.48. The van der Waals surface area contributed by atoms with Gasteiger partial charge < -0.3 is 5.32 Å². The van der Waals surface area contributed by atoms with Crippen molar-refractivity contribution in [2.75, 3.05) is 5.32 Å². The molecule has 1 aromatic carbocycles. The summed E-state index contributed by atoms with van der Waals surface area (Å²) < 4.78 is 0. The zero-order chi connectivity index (χ0) is 8.55. The molecule has 1 aromatic rings. The van der Waals surface area contributed by atoms with Crippen LogP contribution in [0, 0.1) is 5.53 Å². The highest BCUT2D eigenvalue weighted by atomic mass is 16.2. The second kappa shape index (κ2) is 2.29. The number of nitrogens with zero attached hydrogens (tertiary/aromatic N) is 1. The molecule has 2 rings (SSSR count). The fourth-order valence-electron chi connectivity index (χ4n) is 1.21. The van der Waals surface area contributed by atoms with Crippen LogP contribution in [0.1, 0.15) is 5.56 Å². The van der Waals surface area contributed by atoms with Gasteiger partial charge in [0.15, 0.2) is 0 Å². The normalized spacial score (nSPS) is 13.7. The van der Waals surface area contributed by atoms with Crippen LogP contribution in [-0.4, -0.2) is 16.4 Å². The average Bonchev–Trinajstić information content (AvgIpc) is 2.40. The summed E-state index contributed by atoms with van der Waals surface area (Å²) in [4.78, 5) is 14.3. The third-order valence-electron chi connectivity index (χ3n) is 1.76. The Labute approximate surface area is 68.4 Å². The number of carbonyl (C=O) groups excluding carboxylic acids is 1. The van der Waals surface area contributed by atoms with Crippen LogP contribution in [0.4, 0.5) is 5.69 Å². The van der Waals surface area contributed by atoms with Crippen LogP contribution >= 0.6 is 0 Å². The van der Waals surface area contributed by atoms with Gasteiger partial charge in [0, 0.05) is 0 Å². The Morgan fingerprint density at radius 1 is 1.33 bits per heavy atom. The number of carbonyl (C=O) groups is 1. The topological polar surface area (TPSA) is 67.0 Å². The van der Waals surface area contributed by atoms with Crippen LogP contribution in [0.3, 0.4) is 0 Å². The van der Waals surface area contributed by atoms with Gasteiger partial charge >= 0.3 is 11.6 Å². The lowest BCUT2D eigenvalue weighted by Crippen LogP contribution is -2.14. The van der Waals surface area contributed by atoms with E-state index in [0.717, 1.165) is 5.69 Å². The molecule has 0 radical (unpaired) electrons. The molecule has 1 heterocycles. The Morgan fingerprint density at radius 3 is 2.83 bits per heavy atom. The van der Waals surface area contributed by atoms with Crippen LogP contribution in [-0.2, 0) is 4.79 Å². The summed E-state index contributed by atoms with van der Waals surface area (Å²) in [5, 5.41) is 2.61. The first-order chi connectivity index (χ1) is 5.83. The van der Waals surface area contributed by atoms with Crippen molar-refractivity contribution in [3.63, 3.8) is 0 Å². The molecule has 58 valence electrons. The van der Waals surface area contributed by atoms with Gasteiger partial charge in [-0.25, -0.2) is 0 Å². The van der Waals surface area contributed by atoms with Crippen molar-refractivity contribution >= 4 is 17.3 Å². The zero-order valence-corrected chi connectivity index (χ0v) is 6.16. The SMILES string of the molecule is N=[N+]=C1C(=O)Nc2ccccc21. The zero-order valence-electron chi connectivity index (χ0n) is 6.16. The Kier molecular flexibility index (Phi) is 1.29. The van der Waals surface area contributed by atoms with E-state index in [4.69, 9.17) is 5.53 Å². The standard InChI is InChI=1S/C8H5N3O/c9-11-7-5-3-1-2-4-6(5)10-8(7)12/h1-4,9H/p+1. The van der Waals surface area contributed by atoms with E-state index in [2.05, 4.69) is 10.1 Å². The fourth-order valence-corrected chi connectivity index (χ4v) is 1.21. The molecule has 0 saturated heterocycles. The van der Waals surface area contributed by atoms with E-state index in [1.807, 2.05) is 12.1 Å². The highest BCUT2D eigenvalue weighted by Gasteiger charge is 2.34. The van der Waals surface area contributed by atoms with Gasteiger partial charge in [-0.2, -0.15) is 0 Å². The molecule has 0 unspecified atom stereocenters. The molecule has 0 saturated carbocycles. The third-order valence-corrected chi connectivity index (χ3v) is 1.76. The molecular formula is C8H6N3O+. The fraction of sp³-hybridized carbons (Fsp3) is 0. The van der Waals surface area contributed by atoms with Gasteiger partial charge in [0.05, 0.1) is 21.6 Å². The summed E-state index contributed by atoms with van der Waals surface area (Å²) in [6.07, 6.45) is 0. The van der Waals surface area contributed by atoms with Gasteiger partial charge in [-0.3, -0.25) is 4.79 Å². The molecule has 1 aliphatic heterocycles. The van der Waals surface area contributed by atoms with Crippen LogP contribution in [0.25, 0.3) is 0 Å². The molecule has 0 spiro atoms. The second-order valence-electron chi connectivity index (χ2n) is 2.46. The van der Waals surface area contributed by atoms with E-state index in [9.17, 15) is 4.79 Å². The van der Waals surface area contributed by atoms with Crippen molar-refractivity contribution in [1.29, 1.82) is 5.53 Å². The summed E-state index contributed by atoms with van der Waals surface area (Å²) in [6, 6.07) is 7.18. The lowest BCUT2D eigenvalue weighted by Gasteiger charge is -1.90. The minimum absolute atomic E-state index is 0.186. The van der Waals surface area contributed by atoms with Gasteiger partial charge in [-0.15, -0.1) is 0 Å². The molecule has 12 heavy (non-hydrogen) atoms. The number of fused-ring (bicyclic) bond motifs is 1. The van der Waals surface area contributed by atoms with Gasteiger partial charge in [0.25, 0.3) is 0 Å². The van der Waals surface area contributed by atoms with E-state index in [1.165, 1.54) is 0 Å². The average molecular weight is 160 g/mol. The van der Waals surface area contributed by atoms with E-state index in [0.29, 0.717) is 5.56 Å². The molecule has 1 amide bonds. The van der Waals surface area contributed by atoms with Crippen molar-refractivity contribution in [3.05, 3.63) is 29.8 Å². The molecule has 2 N–H and O–H groups in total. The molecule has 4 heteroatoms. The molecule has 0 fully saturated rings. The van der Waals surface area contributed by atoms with E-state index in [1.54, 1.807) is 12.1 Å². The van der Waals surface area contributed by atoms with Crippen molar-refractivity contribution in [2.45, 2.75) is 0 Å². The Morgan fingerprint density at radius 2 is 2.08 bits per heavy atom. The Hall–Kier alpha value is -1.93. The number of benzene rings is 1. The van der Waals surface area contributed by atoms with Crippen molar-refractivity contribution < 1.29 is 9.58 Å². The van der Waals surface area contributed by atoms with Crippen LogP contribution < -0.4 is 5.32 Å². The highest BCUT2D eigenvalue weighted by molar-refractivity contribution is 6.51. The number of para-hydroxylation sites is 1. The van der Waals surface area contributed by atoms with Crippen molar-refractivity contribution in [1.82, 2.24) is 0 Å². The second-order valence-corrected chi connectivity index (χ2v) is 2.46. The van der Waals surface area contributed by atoms with Gasteiger partial charge in [-0.1, -0.05) is 12.1 Å². The van der Waals surface area contributed by atoms with E-state index < -0.39 is 0 Å². The summed E-state index contributed by atoms with van der Waals surface area (Å²) >= 11 is 0. The number of amides is 1. The highest BCUT2D eigenvalue weighted by Crippen LogP contribution is 2.20. The minimum Gasteiger partial charge on any atom is -0.315 e. The quantitative estimate of drug-likeness (QED) is 0.425. The van der Waals surface area contributed by atoms with Crippen molar-refractivity contribution in [3.8, 4) is 0 Å². The molecule has 0 bridgehead atoms. The predicted molar refractivity (Wildman–Crippen MR) is 42.2 cm³/mol. The number of hydrogen-bond acceptors (Lipinski definition) is 2. The van der Waals surface area contributed by atoms with Gasteiger partial charge in [-0.05, 0) is 12.1 Å². The number of anilines is 1. The third kappa shape index (κ3) is 0.758. The summed E-state index contributed by atoms with van der Waals surface area (Å²) in [5.41, 5.74) is 8.41. The number of hydrogen-bond donors (Lipinski definition) is 2. The largest absolute Gasteiger partial charge is 0.438 e. The predicted octanol–water partition coefficient (Wildman–Crippen LogP) is 0.667. The molecule has 1 aliphatic rings. The first kappa shape index (κ1) is 6.76. The molecule has 0 aromatic heterocycles. The Bertz CT molecular complexity index is 405. The summed E-state index contributed by atoms with van der Waals surface area (Å²) in [6.45, 7) is 0. The smallest absolute Gasteiger partial charge is 0.315 e. The monoisotopic (exact) mass is 160 g/mol. The van der Waals surface area contributed by atoms with Crippen LogP contribution in [0.5, 0.6) is 0 Å². The summed E-state index contributed by atoms with van der Waals surface area (Å²) in [5.74, 6) is -0.300. The first-order valence-corrected chi connectivity index (χ1v) is 3.48. The Balaban J connectivity index is 2.70. The van der Waals surface area contributed by atoms with E-state index in [-0.39, 0.29) is 11.6 Å². The van der Waals surface area contributed by atoms with Crippen LogP contribution in [0.15, 0.2) is 24.3 Å². The molecule has 0 atom stereocenters. The lowest BCUT2D eigenvalue weighted by molar-refractivity contribution is -0.133. The minimum atomic E-state index is -0.300. The molecular weight excluding hydrogens is 154 g/mol. The lowest BCUT2D eigenvalue weighted by atomic mass is 10.1. The van der Waals surface area contributed by atoms with Gasteiger partial charge in [0.2, 0.25) is 0 Å². The maximum atomic E-state index is 11.1. The molecule has 0 aliphatic carbocycles. The molecule has 4 nitrogen and oxygen atoms in total. The van der Waals surface area contributed by atoms with Gasteiger partial charge in [0.1, 0.15) is 0 Å². The summed E-state index contributed by atoms with van der Waals surface area (Å²) in [7, 11) is 0. The van der Waals surface area contributed by atoms with Crippen molar-refractivity contribution in [2.24, 2.45) is 0 Å². The number of nitrogens with one attached hydrogen (secondary N) is 2. The van der Waals surface area contributed by atoms with E-state index >= 15 is 0 Å². The number of rotatable bonds is 0. The van der Waals surface area contributed by atoms with Crippen LogP contribution in [0.2, 0.25) is 0 Å².